The summed E-state index contributed by atoms with van der Waals surface area (Å²) in [7, 11) is 0. The molecule has 0 radical (unpaired) electrons. The Morgan fingerprint density at radius 3 is 2.68 bits per heavy atom. The predicted octanol–water partition coefficient (Wildman–Crippen LogP) is 3.81. The first-order valence-corrected chi connectivity index (χ1v) is 7.44. The molecule has 0 saturated carbocycles. The molecule has 1 fully saturated rings. The van der Waals surface area contributed by atoms with Gasteiger partial charge in [0.15, 0.2) is 0 Å². The van der Waals surface area contributed by atoms with Gasteiger partial charge in [-0.25, -0.2) is 0 Å². The van der Waals surface area contributed by atoms with E-state index in [0.29, 0.717) is 6.04 Å². The van der Waals surface area contributed by atoms with Crippen molar-refractivity contribution in [2.45, 2.75) is 58.4 Å². The summed E-state index contributed by atoms with van der Waals surface area (Å²) < 4.78 is 6.12. The molecule has 2 nitrogen and oxygen atoms in total. The monoisotopic (exact) mass is 261 g/mol. The van der Waals surface area contributed by atoms with Gasteiger partial charge in [0.25, 0.3) is 0 Å². The Balaban J connectivity index is 2.07. The summed E-state index contributed by atoms with van der Waals surface area (Å²) in [5.41, 5.74) is 2.69. The second-order valence-electron chi connectivity index (χ2n) is 6.71. The molecule has 1 aliphatic heterocycles. The molecule has 1 aromatic rings. The smallest absolute Gasteiger partial charge is 0.123 e. The van der Waals surface area contributed by atoms with E-state index in [2.05, 4.69) is 51.2 Å². The van der Waals surface area contributed by atoms with Crippen LogP contribution in [0.2, 0.25) is 0 Å². The first-order chi connectivity index (χ1) is 8.97. The maximum Gasteiger partial charge on any atom is 0.123 e. The third-order valence-corrected chi connectivity index (χ3v) is 3.80. The first-order valence-electron chi connectivity index (χ1n) is 7.44. The van der Waals surface area contributed by atoms with E-state index in [0.717, 1.165) is 18.9 Å². The van der Waals surface area contributed by atoms with Crippen molar-refractivity contribution in [3.8, 4) is 5.75 Å². The standard InChI is InChI=1S/C17H27NO/c1-13-8-9-15(17(2,3)4)16(11-13)19-12-14-7-5-6-10-18-14/h8-9,11,14,18H,5-7,10,12H2,1-4H3. The van der Waals surface area contributed by atoms with Gasteiger partial charge < -0.3 is 10.1 Å². The third-order valence-electron chi connectivity index (χ3n) is 3.80. The van der Waals surface area contributed by atoms with Crippen LogP contribution in [-0.4, -0.2) is 19.2 Å². The lowest BCUT2D eigenvalue weighted by Crippen LogP contribution is -2.38. The fourth-order valence-electron chi connectivity index (χ4n) is 2.63. The average molecular weight is 261 g/mol. The lowest BCUT2D eigenvalue weighted by atomic mass is 9.86. The number of hydrogen-bond acceptors (Lipinski definition) is 2. The van der Waals surface area contributed by atoms with Crippen LogP contribution in [0.3, 0.4) is 0 Å². The lowest BCUT2D eigenvalue weighted by Gasteiger charge is -2.27. The Hall–Kier alpha value is -1.02. The number of nitrogens with one attached hydrogen (secondary N) is 1. The van der Waals surface area contributed by atoms with Crippen LogP contribution >= 0.6 is 0 Å². The van der Waals surface area contributed by atoms with E-state index in [9.17, 15) is 0 Å². The average Bonchev–Trinajstić information content (AvgIpc) is 2.36. The molecule has 1 unspecified atom stereocenters. The van der Waals surface area contributed by atoms with Crippen LogP contribution in [0.1, 0.15) is 51.2 Å². The zero-order valence-corrected chi connectivity index (χ0v) is 12.8. The van der Waals surface area contributed by atoms with Crippen LogP contribution in [0.5, 0.6) is 5.75 Å². The minimum atomic E-state index is 0.128. The highest BCUT2D eigenvalue weighted by Crippen LogP contribution is 2.32. The summed E-state index contributed by atoms with van der Waals surface area (Å²) in [6.07, 6.45) is 3.85. The van der Waals surface area contributed by atoms with E-state index in [1.165, 1.54) is 30.4 Å². The van der Waals surface area contributed by atoms with Crippen molar-refractivity contribution >= 4 is 0 Å². The van der Waals surface area contributed by atoms with E-state index in [1.54, 1.807) is 0 Å². The van der Waals surface area contributed by atoms with Crippen molar-refractivity contribution in [3.63, 3.8) is 0 Å². The van der Waals surface area contributed by atoms with Crippen LogP contribution in [0.15, 0.2) is 18.2 Å². The number of aryl methyl sites for hydroxylation is 1. The van der Waals surface area contributed by atoms with Crippen LogP contribution < -0.4 is 10.1 Å². The van der Waals surface area contributed by atoms with Crippen molar-refractivity contribution in [3.05, 3.63) is 29.3 Å². The van der Waals surface area contributed by atoms with Crippen molar-refractivity contribution in [1.82, 2.24) is 5.32 Å². The number of ether oxygens (including phenoxy) is 1. The molecular formula is C17H27NO. The van der Waals surface area contributed by atoms with Crippen LogP contribution in [0.4, 0.5) is 0 Å². The molecule has 1 saturated heterocycles. The summed E-state index contributed by atoms with van der Waals surface area (Å²) in [4.78, 5) is 0. The Kier molecular flexibility index (Phi) is 4.51. The molecule has 1 heterocycles. The highest BCUT2D eigenvalue weighted by Gasteiger charge is 2.20. The van der Waals surface area contributed by atoms with Gasteiger partial charge in [-0.05, 0) is 48.9 Å². The Morgan fingerprint density at radius 2 is 2.05 bits per heavy atom. The second kappa shape index (κ2) is 5.96. The van der Waals surface area contributed by atoms with Gasteiger partial charge in [0, 0.05) is 6.04 Å². The van der Waals surface area contributed by atoms with Crippen molar-refractivity contribution in [1.29, 1.82) is 0 Å². The maximum absolute atomic E-state index is 6.12. The fraction of sp³-hybridized carbons (Fsp3) is 0.647. The number of rotatable bonds is 3. The van der Waals surface area contributed by atoms with Gasteiger partial charge in [0.2, 0.25) is 0 Å². The zero-order valence-electron chi connectivity index (χ0n) is 12.8. The zero-order chi connectivity index (χ0) is 13.9. The Labute approximate surface area is 117 Å². The minimum absolute atomic E-state index is 0.128. The largest absolute Gasteiger partial charge is 0.492 e. The molecule has 2 heteroatoms. The van der Waals surface area contributed by atoms with E-state index >= 15 is 0 Å². The van der Waals surface area contributed by atoms with Crippen molar-refractivity contribution < 1.29 is 4.74 Å². The number of piperidine rings is 1. The van der Waals surface area contributed by atoms with Gasteiger partial charge in [-0.15, -0.1) is 0 Å². The SMILES string of the molecule is Cc1ccc(C(C)(C)C)c(OCC2CCCCN2)c1. The molecular weight excluding hydrogens is 234 g/mol. The molecule has 0 bridgehead atoms. The summed E-state index contributed by atoms with van der Waals surface area (Å²) in [6, 6.07) is 7.07. The van der Waals surface area contributed by atoms with Crippen LogP contribution in [0.25, 0.3) is 0 Å². The summed E-state index contributed by atoms with van der Waals surface area (Å²) in [6.45, 7) is 10.8. The van der Waals surface area contributed by atoms with Gasteiger partial charge in [-0.3, -0.25) is 0 Å². The molecule has 19 heavy (non-hydrogen) atoms. The molecule has 1 aromatic carbocycles. The minimum Gasteiger partial charge on any atom is -0.492 e. The van der Waals surface area contributed by atoms with E-state index in [-0.39, 0.29) is 5.41 Å². The quantitative estimate of drug-likeness (QED) is 0.893. The first kappa shape index (κ1) is 14.4. The highest BCUT2D eigenvalue weighted by molar-refractivity contribution is 5.41. The van der Waals surface area contributed by atoms with Gasteiger partial charge in [-0.1, -0.05) is 39.3 Å². The van der Waals surface area contributed by atoms with Gasteiger partial charge in [0.1, 0.15) is 12.4 Å². The molecule has 0 spiro atoms. The number of benzene rings is 1. The molecule has 1 aliphatic rings. The summed E-state index contributed by atoms with van der Waals surface area (Å²) in [5.74, 6) is 1.06. The Morgan fingerprint density at radius 1 is 1.26 bits per heavy atom. The molecule has 2 rings (SSSR count). The highest BCUT2D eigenvalue weighted by atomic mass is 16.5. The van der Waals surface area contributed by atoms with Gasteiger partial charge >= 0.3 is 0 Å². The molecule has 0 amide bonds. The van der Waals surface area contributed by atoms with E-state index in [4.69, 9.17) is 4.74 Å². The molecule has 1 atom stereocenters. The van der Waals surface area contributed by atoms with E-state index < -0.39 is 0 Å². The normalized spacial score (nSPS) is 20.3. The van der Waals surface area contributed by atoms with E-state index in [1.807, 2.05) is 0 Å². The fourth-order valence-corrected chi connectivity index (χ4v) is 2.63. The maximum atomic E-state index is 6.12. The Bertz CT molecular complexity index is 414. The molecule has 0 aliphatic carbocycles. The summed E-state index contributed by atoms with van der Waals surface area (Å²) in [5, 5.41) is 3.54. The second-order valence-corrected chi connectivity index (χ2v) is 6.71. The van der Waals surface area contributed by atoms with Crippen molar-refractivity contribution in [2.75, 3.05) is 13.2 Å². The predicted molar refractivity (Wildman–Crippen MR) is 81.0 cm³/mol. The van der Waals surface area contributed by atoms with Crippen LogP contribution in [0, 0.1) is 6.92 Å². The summed E-state index contributed by atoms with van der Waals surface area (Å²) >= 11 is 0. The molecule has 106 valence electrons. The third kappa shape index (κ3) is 3.97. The van der Waals surface area contributed by atoms with Gasteiger partial charge in [-0.2, -0.15) is 0 Å². The topological polar surface area (TPSA) is 21.3 Å². The molecule has 0 aromatic heterocycles. The van der Waals surface area contributed by atoms with Gasteiger partial charge in [0.05, 0.1) is 0 Å². The lowest BCUT2D eigenvalue weighted by molar-refractivity contribution is 0.235. The van der Waals surface area contributed by atoms with Crippen molar-refractivity contribution in [2.24, 2.45) is 0 Å². The van der Waals surface area contributed by atoms with Crippen LogP contribution in [-0.2, 0) is 5.41 Å². The number of hydrogen-bond donors (Lipinski definition) is 1. The molecule has 1 N–H and O–H groups in total.